The van der Waals surface area contributed by atoms with E-state index >= 15 is 0 Å². The molecule has 2 unspecified atom stereocenters. The molecule has 0 saturated heterocycles. The van der Waals surface area contributed by atoms with Gasteiger partial charge in [-0.3, -0.25) is 4.18 Å². The Labute approximate surface area is 152 Å². The summed E-state index contributed by atoms with van der Waals surface area (Å²) in [6, 6.07) is 14.2. The van der Waals surface area contributed by atoms with Gasteiger partial charge in [0, 0.05) is 4.47 Å². The van der Waals surface area contributed by atoms with Crippen molar-refractivity contribution in [1.82, 2.24) is 0 Å². The second-order valence-electron chi connectivity index (χ2n) is 5.74. The van der Waals surface area contributed by atoms with Gasteiger partial charge in [-0.25, -0.2) is 0 Å². The minimum atomic E-state index is -3.77. The summed E-state index contributed by atoms with van der Waals surface area (Å²) in [4.78, 5) is 0.161. The molecule has 4 nitrogen and oxygen atoms in total. The molecule has 0 amide bonds. The van der Waals surface area contributed by atoms with Crippen LogP contribution in [0.3, 0.4) is 0 Å². The van der Waals surface area contributed by atoms with Crippen LogP contribution in [0.25, 0.3) is 0 Å². The fourth-order valence-corrected chi connectivity index (χ4v) is 3.69. The average molecular weight is 413 g/mol. The summed E-state index contributed by atoms with van der Waals surface area (Å²) in [5.41, 5.74) is 1.11. The van der Waals surface area contributed by atoms with Gasteiger partial charge in [-0.2, -0.15) is 8.42 Å². The van der Waals surface area contributed by atoms with Gasteiger partial charge < -0.3 is 4.74 Å². The van der Waals surface area contributed by atoms with E-state index in [0.29, 0.717) is 0 Å². The van der Waals surface area contributed by atoms with Crippen molar-refractivity contribution in [2.45, 2.75) is 31.3 Å². The molecule has 2 aromatic rings. The molecule has 6 heteroatoms. The molecule has 0 radical (unpaired) electrons. The third kappa shape index (κ3) is 5.06. The summed E-state index contributed by atoms with van der Waals surface area (Å²) in [6.45, 7) is 3.76. The maximum Gasteiger partial charge on any atom is 0.297 e. The van der Waals surface area contributed by atoms with Gasteiger partial charge in [-0.15, -0.1) is 0 Å². The number of rotatable bonds is 7. The third-order valence-corrected chi connectivity index (χ3v) is 5.83. The molecular formula is C18H21BrO4S. The predicted molar refractivity (Wildman–Crippen MR) is 97.7 cm³/mol. The van der Waals surface area contributed by atoms with E-state index in [1.54, 1.807) is 26.2 Å². The zero-order valence-electron chi connectivity index (χ0n) is 13.9. The minimum Gasteiger partial charge on any atom is -0.497 e. The topological polar surface area (TPSA) is 52.6 Å². The molecule has 0 spiro atoms. The van der Waals surface area contributed by atoms with Gasteiger partial charge >= 0.3 is 0 Å². The number of benzene rings is 2. The van der Waals surface area contributed by atoms with Crippen LogP contribution in [-0.2, 0) is 20.7 Å². The second-order valence-corrected chi connectivity index (χ2v) is 8.23. The first-order valence-corrected chi connectivity index (χ1v) is 9.83. The number of hydrogen-bond donors (Lipinski definition) is 0. The van der Waals surface area contributed by atoms with Crippen LogP contribution in [0.4, 0.5) is 0 Å². The zero-order chi connectivity index (χ0) is 17.7. The molecule has 0 aromatic heterocycles. The summed E-state index contributed by atoms with van der Waals surface area (Å²) in [5, 5.41) is 0. The number of halogens is 1. The summed E-state index contributed by atoms with van der Waals surface area (Å²) in [5.74, 6) is 0.845. The minimum absolute atomic E-state index is 0.0450. The Hall–Kier alpha value is -1.37. The highest BCUT2D eigenvalue weighted by Crippen LogP contribution is 2.22. The molecule has 0 aliphatic heterocycles. The normalized spacial score (nSPS) is 14.2. The Bertz CT molecular complexity index is 755. The van der Waals surface area contributed by atoms with Crippen LogP contribution in [0.5, 0.6) is 5.75 Å². The lowest BCUT2D eigenvalue weighted by atomic mass is 9.97. The lowest BCUT2D eigenvalue weighted by molar-refractivity contribution is 0.168. The Morgan fingerprint density at radius 3 is 2.12 bits per heavy atom. The van der Waals surface area contributed by atoms with E-state index in [2.05, 4.69) is 15.9 Å². The lowest BCUT2D eigenvalue weighted by Crippen LogP contribution is -2.24. The smallest absolute Gasteiger partial charge is 0.297 e. The van der Waals surface area contributed by atoms with Crippen molar-refractivity contribution in [3.63, 3.8) is 0 Å². The molecular weight excluding hydrogens is 392 g/mol. The molecule has 0 bridgehead atoms. The van der Waals surface area contributed by atoms with Gasteiger partial charge in [0.1, 0.15) is 5.75 Å². The van der Waals surface area contributed by atoms with E-state index in [0.717, 1.165) is 22.2 Å². The summed E-state index contributed by atoms with van der Waals surface area (Å²) < 4.78 is 36.0. The first kappa shape index (κ1) is 19.0. The number of hydrogen-bond acceptors (Lipinski definition) is 4. The van der Waals surface area contributed by atoms with E-state index in [4.69, 9.17) is 8.92 Å². The van der Waals surface area contributed by atoms with Crippen molar-refractivity contribution in [3.05, 3.63) is 58.6 Å². The van der Waals surface area contributed by atoms with Gasteiger partial charge in [0.05, 0.1) is 18.1 Å². The second kappa shape index (κ2) is 8.14. The van der Waals surface area contributed by atoms with E-state index in [9.17, 15) is 8.42 Å². The Morgan fingerprint density at radius 1 is 1.00 bits per heavy atom. The Morgan fingerprint density at radius 2 is 1.58 bits per heavy atom. The van der Waals surface area contributed by atoms with Crippen LogP contribution in [0.2, 0.25) is 0 Å². The van der Waals surface area contributed by atoms with E-state index in [-0.39, 0.29) is 10.8 Å². The molecule has 0 heterocycles. The van der Waals surface area contributed by atoms with E-state index < -0.39 is 16.2 Å². The third-order valence-electron chi connectivity index (χ3n) is 3.90. The van der Waals surface area contributed by atoms with Crippen molar-refractivity contribution < 1.29 is 17.3 Å². The van der Waals surface area contributed by atoms with Crippen molar-refractivity contribution in [3.8, 4) is 5.75 Å². The van der Waals surface area contributed by atoms with Gasteiger partial charge in [0.2, 0.25) is 0 Å². The number of methoxy groups -OCH3 is 1. The maximum atomic E-state index is 12.3. The van der Waals surface area contributed by atoms with Crippen molar-refractivity contribution in [2.75, 3.05) is 7.11 Å². The first-order valence-electron chi connectivity index (χ1n) is 7.63. The average Bonchev–Trinajstić information content (AvgIpc) is 2.55. The van der Waals surface area contributed by atoms with Crippen LogP contribution in [0.1, 0.15) is 19.4 Å². The molecule has 0 aliphatic rings. The van der Waals surface area contributed by atoms with Gasteiger partial charge in [0.15, 0.2) is 0 Å². The molecule has 2 rings (SSSR count). The molecule has 0 fully saturated rings. The molecule has 0 aliphatic carbocycles. The van der Waals surface area contributed by atoms with E-state index in [1.807, 2.05) is 31.2 Å². The monoisotopic (exact) mass is 412 g/mol. The predicted octanol–water partition coefficient (Wildman–Crippen LogP) is 4.43. The van der Waals surface area contributed by atoms with Gasteiger partial charge in [-0.05, 0) is 61.2 Å². The highest BCUT2D eigenvalue weighted by atomic mass is 79.9. The standard InChI is InChI=1S/C18H21BrO4S/c1-13(12-15-4-8-17(22-3)9-5-15)14(2)23-24(20,21)18-10-6-16(19)7-11-18/h4-11,13-14H,12H2,1-3H3. The molecule has 0 N–H and O–H groups in total. The maximum absolute atomic E-state index is 12.3. The largest absolute Gasteiger partial charge is 0.497 e. The van der Waals surface area contributed by atoms with Crippen LogP contribution < -0.4 is 4.74 Å². The van der Waals surface area contributed by atoms with Crippen molar-refractivity contribution >= 4 is 26.0 Å². The highest BCUT2D eigenvalue weighted by molar-refractivity contribution is 9.10. The molecule has 130 valence electrons. The lowest BCUT2D eigenvalue weighted by Gasteiger charge is -2.20. The van der Waals surface area contributed by atoms with Crippen LogP contribution >= 0.6 is 15.9 Å². The van der Waals surface area contributed by atoms with E-state index in [1.165, 1.54) is 12.1 Å². The highest BCUT2D eigenvalue weighted by Gasteiger charge is 2.23. The summed E-state index contributed by atoms with van der Waals surface area (Å²) in [6.07, 6.45) is 0.293. The number of ether oxygens (including phenoxy) is 1. The van der Waals surface area contributed by atoms with Crippen molar-refractivity contribution in [2.24, 2.45) is 5.92 Å². The summed E-state index contributed by atoms with van der Waals surface area (Å²) in [7, 11) is -2.14. The summed E-state index contributed by atoms with van der Waals surface area (Å²) >= 11 is 3.29. The Balaban J connectivity index is 2.01. The first-order chi connectivity index (χ1) is 11.3. The van der Waals surface area contributed by atoms with Crippen molar-refractivity contribution in [1.29, 1.82) is 0 Å². The zero-order valence-corrected chi connectivity index (χ0v) is 16.3. The Kier molecular flexibility index (Phi) is 6.43. The quantitative estimate of drug-likeness (QED) is 0.631. The van der Waals surface area contributed by atoms with Crippen LogP contribution in [0, 0.1) is 5.92 Å². The van der Waals surface area contributed by atoms with Crippen LogP contribution in [-0.4, -0.2) is 21.6 Å². The molecule has 2 aromatic carbocycles. The fourth-order valence-electron chi connectivity index (χ4n) is 2.25. The van der Waals surface area contributed by atoms with Gasteiger partial charge in [-0.1, -0.05) is 35.0 Å². The molecule has 24 heavy (non-hydrogen) atoms. The molecule has 0 saturated carbocycles. The molecule has 2 atom stereocenters. The fraction of sp³-hybridized carbons (Fsp3) is 0.333. The van der Waals surface area contributed by atoms with Gasteiger partial charge in [0.25, 0.3) is 10.1 Å². The van der Waals surface area contributed by atoms with Crippen LogP contribution in [0.15, 0.2) is 57.9 Å². The SMILES string of the molecule is COc1ccc(CC(C)C(C)OS(=O)(=O)c2ccc(Br)cc2)cc1.